The van der Waals surface area contributed by atoms with Gasteiger partial charge in [-0.15, -0.1) is 0 Å². The summed E-state index contributed by atoms with van der Waals surface area (Å²) < 4.78 is 10.2. The number of aromatic amines is 1. The predicted octanol–water partition coefficient (Wildman–Crippen LogP) is 2.88. The van der Waals surface area contributed by atoms with E-state index in [-0.39, 0.29) is 12.7 Å². The maximum atomic E-state index is 12.2. The molecule has 0 unspecified atom stereocenters. The molecule has 7 nitrogen and oxygen atoms in total. The molecule has 1 aromatic heterocycles. The van der Waals surface area contributed by atoms with E-state index in [0.717, 1.165) is 11.0 Å². The Labute approximate surface area is 143 Å². The Hall–Kier alpha value is -3.35. The summed E-state index contributed by atoms with van der Waals surface area (Å²) in [5, 5.41) is 0. The second-order valence-electron chi connectivity index (χ2n) is 5.59. The zero-order valence-corrected chi connectivity index (χ0v) is 13.3. The van der Waals surface area contributed by atoms with Gasteiger partial charge in [0.2, 0.25) is 0 Å². The van der Waals surface area contributed by atoms with Crippen LogP contribution in [0.2, 0.25) is 0 Å². The van der Waals surface area contributed by atoms with Crippen LogP contribution in [-0.2, 0) is 16.1 Å². The van der Waals surface area contributed by atoms with E-state index >= 15 is 0 Å². The van der Waals surface area contributed by atoms with Gasteiger partial charge in [0.15, 0.2) is 0 Å². The molecule has 0 saturated carbocycles. The molecule has 1 N–H and O–H groups in total. The monoisotopic (exact) mass is 337 g/mol. The summed E-state index contributed by atoms with van der Waals surface area (Å²) in [5.41, 5.74) is 2.83. The predicted molar refractivity (Wildman–Crippen MR) is 90.3 cm³/mol. The van der Waals surface area contributed by atoms with Crippen molar-refractivity contribution in [3.63, 3.8) is 0 Å². The lowest BCUT2D eigenvalue weighted by Gasteiger charge is -2.12. The molecule has 0 atom stereocenters. The van der Waals surface area contributed by atoms with Gasteiger partial charge < -0.3 is 14.5 Å². The van der Waals surface area contributed by atoms with Crippen LogP contribution >= 0.6 is 0 Å². The molecule has 7 heteroatoms. The Morgan fingerprint density at radius 1 is 1.20 bits per heavy atom. The molecule has 1 aliphatic heterocycles. The molecule has 1 saturated heterocycles. The Morgan fingerprint density at radius 2 is 2.00 bits per heavy atom. The van der Waals surface area contributed by atoms with E-state index in [4.69, 9.17) is 9.47 Å². The summed E-state index contributed by atoms with van der Waals surface area (Å²) in [4.78, 5) is 32.7. The summed E-state index contributed by atoms with van der Waals surface area (Å²) in [6.07, 6.45) is -0.375. The Morgan fingerprint density at radius 3 is 2.72 bits per heavy atom. The SMILES string of the molecule is O=C(OCc1nc2ccccc2[nH]1)c1ccc(N2CCOC2=O)cc1. The molecule has 2 aromatic carbocycles. The van der Waals surface area contributed by atoms with Gasteiger partial charge in [-0.25, -0.2) is 14.6 Å². The van der Waals surface area contributed by atoms with Gasteiger partial charge in [-0.2, -0.15) is 0 Å². The average molecular weight is 337 g/mol. The first-order valence-corrected chi connectivity index (χ1v) is 7.86. The van der Waals surface area contributed by atoms with Crippen LogP contribution in [-0.4, -0.2) is 35.2 Å². The first-order valence-electron chi connectivity index (χ1n) is 7.86. The lowest BCUT2D eigenvalue weighted by atomic mass is 10.2. The highest BCUT2D eigenvalue weighted by Gasteiger charge is 2.23. The largest absolute Gasteiger partial charge is 0.454 e. The maximum absolute atomic E-state index is 12.2. The summed E-state index contributed by atoms with van der Waals surface area (Å²) in [6, 6.07) is 14.3. The third-order valence-corrected chi connectivity index (χ3v) is 3.95. The lowest BCUT2D eigenvalue weighted by Crippen LogP contribution is -2.23. The van der Waals surface area contributed by atoms with Gasteiger partial charge in [0.05, 0.1) is 23.1 Å². The van der Waals surface area contributed by atoms with Crippen molar-refractivity contribution in [2.24, 2.45) is 0 Å². The number of nitrogens with one attached hydrogen (secondary N) is 1. The van der Waals surface area contributed by atoms with Crippen LogP contribution in [0.3, 0.4) is 0 Å². The number of para-hydroxylation sites is 2. The molecule has 1 fully saturated rings. The molecule has 0 bridgehead atoms. The first-order chi connectivity index (χ1) is 12.2. The highest BCUT2D eigenvalue weighted by molar-refractivity contribution is 5.92. The van der Waals surface area contributed by atoms with Crippen molar-refractivity contribution in [2.45, 2.75) is 6.61 Å². The van der Waals surface area contributed by atoms with Gasteiger partial charge in [0, 0.05) is 5.69 Å². The van der Waals surface area contributed by atoms with Crippen LogP contribution in [0.15, 0.2) is 48.5 Å². The van der Waals surface area contributed by atoms with E-state index in [1.807, 2.05) is 24.3 Å². The second kappa shape index (κ2) is 6.27. The molecule has 126 valence electrons. The summed E-state index contributed by atoms with van der Waals surface area (Å²) in [7, 11) is 0. The molecular formula is C18H15N3O4. The molecule has 2 heterocycles. The maximum Gasteiger partial charge on any atom is 0.414 e. The number of benzene rings is 2. The van der Waals surface area contributed by atoms with Crippen molar-refractivity contribution in [3.8, 4) is 0 Å². The van der Waals surface area contributed by atoms with Crippen LogP contribution in [0.5, 0.6) is 0 Å². The normalized spacial score (nSPS) is 13.9. The minimum absolute atomic E-state index is 0.0632. The van der Waals surface area contributed by atoms with Crippen molar-refractivity contribution < 1.29 is 19.1 Å². The molecule has 3 aromatic rings. The molecule has 4 rings (SSSR count). The molecule has 1 aliphatic rings. The molecule has 25 heavy (non-hydrogen) atoms. The Kier molecular flexibility index (Phi) is 3.81. The third-order valence-electron chi connectivity index (χ3n) is 3.95. The number of anilines is 1. The van der Waals surface area contributed by atoms with Crippen molar-refractivity contribution in [3.05, 3.63) is 59.9 Å². The summed E-state index contributed by atoms with van der Waals surface area (Å²) >= 11 is 0. The highest BCUT2D eigenvalue weighted by atomic mass is 16.6. The van der Waals surface area contributed by atoms with Crippen LogP contribution in [0.1, 0.15) is 16.2 Å². The number of carbonyl (C=O) groups is 2. The van der Waals surface area contributed by atoms with Gasteiger partial charge in [0.25, 0.3) is 0 Å². The quantitative estimate of drug-likeness (QED) is 0.740. The van der Waals surface area contributed by atoms with E-state index in [9.17, 15) is 9.59 Å². The standard InChI is InChI=1S/C18H15N3O4/c22-17(25-11-16-19-14-3-1-2-4-15(14)20-16)12-5-7-13(8-6-12)21-9-10-24-18(21)23/h1-8H,9-11H2,(H,19,20). The fourth-order valence-corrected chi connectivity index (χ4v) is 2.70. The number of cyclic esters (lactones) is 1. The number of nitrogens with zero attached hydrogens (tertiary/aromatic N) is 2. The van der Waals surface area contributed by atoms with E-state index in [0.29, 0.717) is 30.2 Å². The molecule has 1 amide bonds. The number of carbonyl (C=O) groups excluding carboxylic acids is 2. The number of rotatable bonds is 4. The Balaban J connectivity index is 1.41. The first kappa shape index (κ1) is 15.2. The summed E-state index contributed by atoms with van der Waals surface area (Å²) in [5.74, 6) is 0.141. The zero-order chi connectivity index (χ0) is 17.2. The average Bonchev–Trinajstić information content (AvgIpc) is 3.25. The number of hydrogen-bond acceptors (Lipinski definition) is 5. The number of esters is 1. The van der Waals surface area contributed by atoms with E-state index in [1.54, 1.807) is 24.3 Å². The van der Waals surface area contributed by atoms with Crippen LogP contribution in [0, 0.1) is 0 Å². The fraction of sp³-hybridized carbons (Fsp3) is 0.167. The van der Waals surface area contributed by atoms with Crippen molar-refractivity contribution in [2.75, 3.05) is 18.1 Å². The van der Waals surface area contributed by atoms with Crippen molar-refractivity contribution >= 4 is 28.8 Å². The van der Waals surface area contributed by atoms with E-state index in [1.165, 1.54) is 4.90 Å². The summed E-state index contributed by atoms with van der Waals surface area (Å²) in [6.45, 7) is 0.947. The van der Waals surface area contributed by atoms with Crippen LogP contribution < -0.4 is 4.90 Å². The number of aromatic nitrogens is 2. The number of imidazole rings is 1. The number of H-pyrrole nitrogens is 1. The smallest absolute Gasteiger partial charge is 0.414 e. The zero-order valence-electron chi connectivity index (χ0n) is 13.3. The number of amides is 1. The van der Waals surface area contributed by atoms with Crippen molar-refractivity contribution in [1.29, 1.82) is 0 Å². The minimum atomic E-state index is -0.448. The molecule has 0 spiro atoms. The van der Waals surface area contributed by atoms with E-state index in [2.05, 4.69) is 9.97 Å². The second-order valence-corrected chi connectivity index (χ2v) is 5.59. The van der Waals surface area contributed by atoms with Gasteiger partial charge in [-0.05, 0) is 36.4 Å². The minimum Gasteiger partial charge on any atom is -0.454 e. The van der Waals surface area contributed by atoms with Gasteiger partial charge in [-0.1, -0.05) is 12.1 Å². The third kappa shape index (κ3) is 3.03. The van der Waals surface area contributed by atoms with E-state index < -0.39 is 5.97 Å². The van der Waals surface area contributed by atoms with Gasteiger partial charge in [-0.3, -0.25) is 4.90 Å². The lowest BCUT2D eigenvalue weighted by molar-refractivity contribution is 0.0463. The molecular weight excluding hydrogens is 322 g/mol. The van der Waals surface area contributed by atoms with Crippen LogP contribution in [0.25, 0.3) is 11.0 Å². The van der Waals surface area contributed by atoms with Gasteiger partial charge >= 0.3 is 12.1 Å². The topological polar surface area (TPSA) is 84.5 Å². The fourth-order valence-electron chi connectivity index (χ4n) is 2.70. The number of ether oxygens (including phenoxy) is 2. The van der Waals surface area contributed by atoms with Crippen molar-refractivity contribution in [1.82, 2.24) is 9.97 Å². The number of fused-ring (bicyclic) bond motifs is 1. The van der Waals surface area contributed by atoms with Gasteiger partial charge in [0.1, 0.15) is 19.0 Å². The molecule has 0 radical (unpaired) electrons. The number of hydrogen-bond donors (Lipinski definition) is 1. The van der Waals surface area contributed by atoms with Crippen LogP contribution in [0.4, 0.5) is 10.5 Å². The molecule has 0 aliphatic carbocycles. The Bertz CT molecular complexity index is 900. The highest BCUT2D eigenvalue weighted by Crippen LogP contribution is 2.19.